The minimum absolute atomic E-state index is 0.0594. The van der Waals surface area contributed by atoms with Gasteiger partial charge in [0, 0.05) is 13.1 Å². The molecule has 0 bridgehead atoms. The summed E-state index contributed by atoms with van der Waals surface area (Å²) in [7, 11) is -6.08. The second-order valence-electron chi connectivity index (χ2n) is 12.0. The number of nitrogens with one attached hydrogen (secondary N) is 1. The number of sulfonamides is 2. The lowest BCUT2D eigenvalue weighted by Gasteiger charge is -2.36. The highest BCUT2D eigenvalue weighted by Gasteiger charge is 2.38. The maximum absolute atomic E-state index is 13.9. The maximum atomic E-state index is 13.9. The predicted octanol–water partition coefficient (Wildman–Crippen LogP) is 3.93. The van der Waals surface area contributed by atoms with Gasteiger partial charge in [0.2, 0.25) is 10.0 Å². The summed E-state index contributed by atoms with van der Waals surface area (Å²) in [5.41, 5.74) is 1.03. The summed E-state index contributed by atoms with van der Waals surface area (Å²) in [6.07, 6.45) is 0.611. The van der Waals surface area contributed by atoms with E-state index in [2.05, 4.69) is 5.32 Å². The molecule has 13 heteroatoms. The molecule has 3 aromatic carbocycles. The molecule has 0 aromatic heterocycles. The van der Waals surface area contributed by atoms with Gasteiger partial charge in [0.05, 0.1) is 35.7 Å². The van der Waals surface area contributed by atoms with E-state index in [0.29, 0.717) is 30.3 Å². The minimum Gasteiger partial charge on any atom is -0.497 e. The molecule has 2 aliphatic rings. The predicted molar refractivity (Wildman–Crippen MR) is 170 cm³/mol. The van der Waals surface area contributed by atoms with E-state index in [1.54, 1.807) is 36.4 Å². The van der Waals surface area contributed by atoms with Crippen LogP contribution in [0.15, 0.2) is 76.5 Å². The molecule has 0 saturated carbocycles. The number of nitrogens with zero attached hydrogens (tertiary/aromatic N) is 2. The van der Waals surface area contributed by atoms with Gasteiger partial charge in [-0.05, 0) is 84.5 Å². The normalized spacial score (nSPS) is 17.3. The molecular weight excluding hydrogens is 618 g/mol. The van der Waals surface area contributed by atoms with Crippen LogP contribution in [0.3, 0.4) is 0 Å². The summed E-state index contributed by atoms with van der Waals surface area (Å²) in [4.78, 5) is 13.5. The Hall–Kier alpha value is -3.81. The molecule has 1 atom stereocenters. The number of anilines is 1. The van der Waals surface area contributed by atoms with Crippen molar-refractivity contribution in [2.75, 3.05) is 44.2 Å². The molecule has 242 valence electrons. The summed E-state index contributed by atoms with van der Waals surface area (Å²) in [6, 6.07) is 17.6. The van der Waals surface area contributed by atoms with Crippen LogP contribution in [0.25, 0.3) is 0 Å². The van der Waals surface area contributed by atoms with E-state index < -0.39 is 32.1 Å². The lowest BCUT2D eigenvalue weighted by molar-refractivity contribution is -0.127. The molecule has 5 rings (SSSR count). The number of ether oxygens (including phenoxy) is 3. The fraction of sp³-hybridized carbons (Fsp3) is 0.406. The lowest BCUT2D eigenvalue weighted by Crippen LogP contribution is -2.51. The van der Waals surface area contributed by atoms with Crippen molar-refractivity contribution < 1.29 is 35.8 Å². The molecule has 11 nitrogen and oxygen atoms in total. The number of hydrogen-bond acceptors (Lipinski definition) is 8. The van der Waals surface area contributed by atoms with Crippen molar-refractivity contribution in [2.45, 2.75) is 54.9 Å². The summed E-state index contributed by atoms with van der Waals surface area (Å²) < 4.78 is 72.9. The minimum atomic E-state index is -4.06. The van der Waals surface area contributed by atoms with Crippen molar-refractivity contribution in [3.05, 3.63) is 72.3 Å². The second-order valence-corrected chi connectivity index (χ2v) is 15.8. The number of benzene rings is 3. The maximum Gasteiger partial charge on any atom is 0.264 e. The van der Waals surface area contributed by atoms with Crippen molar-refractivity contribution in [3.63, 3.8) is 0 Å². The number of amides is 1. The first kappa shape index (κ1) is 32.6. The van der Waals surface area contributed by atoms with Crippen molar-refractivity contribution in [2.24, 2.45) is 0 Å². The number of carbonyl (C=O) groups is 1. The Bertz CT molecular complexity index is 1730. The molecule has 1 fully saturated rings. The van der Waals surface area contributed by atoms with Crippen LogP contribution in [0.1, 0.15) is 39.2 Å². The van der Waals surface area contributed by atoms with E-state index in [1.807, 2.05) is 26.8 Å². The van der Waals surface area contributed by atoms with Crippen molar-refractivity contribution in [1.29, 1.82) is 0 Å². The van der Waals surface area contributed by atoms with Gasteiger partial charge < -0.3 is 19.5 Å². The average molecular weight is 658 g/mol. The number of rotatable bonds is 10. The largest absolute Gasteiger partial charge is 0.497 e. The molecule has 3 aromatic rings. The quantitative estimate of drug-likeness (QED) is 0.325. The monoisotopic (exact) mass is 657 g/mol. The first-order valence-electron chi connectivity index (χ1n) is 14.8. The summed E-state index contributed by atoms with van der Waals surface area (Å²) >= 11 is 0. The Kier molecular flexibility index (Phi) is 9.33. The van der Waals surface area contributed by atoms with Crippen LogP contribution in [0.2, 0.25) is 0 Å². The fourth-order valence-corrected chi connectivity index (χ4v) is 8.18. The Morgan fingerprint density at radius 3 is 2.09 bits per heavy atom. The van der Waals surface area contributed by atoms with Crippen LogP contribution in [0, 0.1) is 0 Å². The highest BCUT2D eigenvalue weighted by atomic mass is 32.2. The van der Waals surface area contributed by atoms with Crippen molar-refractivity contribution >= 4 is 31.6 Å². The summed E-state index contributed by atoms with van der Waals surface area (Å²) in [6.45, 7) is 7.15. The van der Waals surface area contributed by atoms with Gasteiger partial charge in [-0.1, -0.05) is 26.8 Å². The number of fused-ring (bicyclic) bond motifs is 1. The Morgan fingerprint density at radius 1 is 0.889 bits per heavy atom. The number of hydrogen-bond donors (Lipinski definition) is 1. The van der Waals surface area contributed by atoms with Crippen molar-refractivity contribution in [3.8, 4) is 17.2 Å². The molecule has 2 aliphatic heterocycles. The Labute approximate surface area is 265 Å². The van der Waals surface area contributed by atoms with Crippen LogP contribution in [0.4, 0.5) is 5.69 Å². The van der Waals surface area contributed by atoms with Crippen LogP contribution in [0.5, 0.6) is 17.2 Å². The standard InChI is InChI=1S/C32H39N3O8S2/c1-32(2,3)23-7-16-29-28(21-23)35(45(39,40)27-12-8-24(41-4)9-13-27)22-30(43-29)31(36)33-17-20-42-25-10-14-26(15-11-25)44(37,38)34-18-5-6-19-34/h7-16,21,30H,5-6,17-20,22H2,1-4H3,(H,33,36)/t30-/m0/s1. The summed E-state index contributed by atoms with van der Waals surface area (Å²) in [5, 5.41) is 2.76. The molecule has 0 radical (unpaired) electrons. The fourth-order valence-electron chi connectivity index (χ4n) is 5.20. The highest BCUT2D eigenvalue weighted by Crippen LogP contribution is 2.40. The van der Waals surface area contributed by atoms with E-state index in [9.17, 15) is 21.6 Å². The second kappa shape index (κ2) is 12.9. The number of methoxy groups -OCH3 is 1. The van der Waals surface area contributed by atoms with E-state index in [0.717, 1.165) is 18.4 Å². The Balaban J connectivity index is 1.26. The molecule has 0 spiro atoms. The molecular formula is C32H39N3O8S2. The van der Waals surface area contributed by atoms with Gasteiger partial charge in [-0.2, -0.15) is 4.31 Å². The van der Waals surface area contributed by atoms with Gasteiger partial charge >= 0.3 is 0 Å². The molecule has 45 heavy (non-hydrogen) atoms. The van der Waals surface area contributed by atoms with Gasteiger partial charge in [-0.25, -0.2) is 16.8 Å². The zero-order valence-electron chi connectivity index (χ0n) is 25.9. The van der Waals surface area contributed by atoms with Gasteiger partial charge in [0.25, 0.3) is 15.9 Å². The topological polar surface area (TPSA) is 132 Å². The number of carbonyl (C=O) groups excluding carboxylic acids is 1. The lowest BCUT2D eigenvalue weighted by atomic mass is 9.86. The smallest absolute Gasteiger partial charge is 0.264 e. The highest BCUT2D eigenvalue weighted by molar-refractivity contribution is 7.92. The Morgan fingerprint density at radius 2 is 1.49 bits per heavy atom. The molecule has 1 saturated heterocycles. The van der Waals surface area contributed by atoms with Crippen LogP contribution in [-0.4, -0.2) is 73.0 Å². The molecule has 1 amide bonds. The van der Waals surface area contributed by atoms with Gasteiger partial charge in [-0.3, -0.25) is 9.10 Å². The SMILES string of the molecule is COc1ccc(S(=O)(=O)N2C[C@@H](C(=O)NCCOc3ccc(S(=O)(=O)N4CCCC4)cc3)Oc3ccc(C(C)(C)C)cc32)cc1. The van der Waals surface area contributed by atoms with Crippen molar-refractivity contribution in [1.82, 2.24) is 9.62 Å². The average Bonchev–Trinajstić information content (AvgIpc) is 3.58. The molecule has 2 heterocycles. The van der Waals surface area contributed by atoms with Crippen LogP contribution >= 0.6 is 0 Å². The first-order chi connectivity index (χ1) is 21.3. The summed E-state index contributed by atoms with van der Waals surface area (Å²) in [5.74, 6) is 0.769. The molecule has 0 unspecified atom stereocenters. The van der Waals surface area contributed by atoms with Crippen LogP contribution < -0.4 is 23.8 Å². The van der Waals surface area contributed by atoms with Gasteiger partial charge in [-0.15, -0.1) is 0 Å². The molecule has 1 N–H and O–H groups in total. The van der Waals surface area contributed by atoms with E-state index >= 15 is 0 Å². The molecule has 0 aliphatic carbocycles. The van der Waals surface area contributed by atoms with E-state index in [4.69, 9.17) is 14.2 Å². The van der Waals surface area contributed by atoms with Gasteiger partial charge in [0.1, 0.15) is 23.9 Å². The van der Waals surface area contributed by atoms with Gasteiger partial charge in [0.15, 0.2) is 6.10 Å². The zero-order valence-corrected chi connectivity index (χ0v) is 27.5. The van der Waals surface area contributed by atoms with E-state index in [1.165, 1.54) is 40.0 Å². The van der Waals surface area contributed by atoms with E-state index in [-0.39, 0.29) is 40.7 Å². The third kappa shape index (κ3) is 7.05. The third-order valence-electron chi connectivity index (χ3n) is 7.83. The van der Waals surface area contributed by atoms with Crippen LogP contribution in [-0.2, 0) is 30.3 Å². The first-order valence-corrected chi connectivity index (χ1v) is 17.7. The third-order valence-corrected chi connectivity index (χ3v) is 11.5. The zero-order chi connectivity index (χ0) is 32.4.